The van der Waals surface area contributed by atoms with Gasteiger partial charge in [-0.2, -0.15) is 0 Å². The zero-order valence-corrected chi connectivity index (χ0v) is 9.18. The molecule has 0 spiro atoms. The van der Waals surface area contributed by atoms with Gasteiger partial charge in [0.15, 0.2) is 0 Å². The lowest BCUT2D eigenvalue weighted by Gasteiger charge is -2.20. The Morgan fingerprint density at radius 1 is 1.69 bits per heavy atom. The van der Waals surface area contributed by atoms with Crippen molar-refractivity contribution in [1.82, 2.24) is 4.98 Å². The summed E-state index contributed by atoms with van der Waals surface area (Å²) in [6, 6.07) is 1.82. The van der Waals surface area contributed by atoms with Crippen molar-refractivity contribution in [3.8, 4) is 0 Å². The molecule has 1 saturated heterocycles. The Balaban J connectivity index is 2.35. The van der Waals surface area contributed by atoms with Crippen LogP contribution in [0.25, 0.3) is 0 Å². The van der Waals surface area contributed by atoms with Crippen molar-refractivity contribution in [1.29, 1.82) is 0 Å². The molecule has 2 rings (SSSR count). The fourth-order valence-electron chi connectivity index (χ4n) is 2.04. The molecule has 1 aromatic rings. The summed E-state index contributed by atoms with van der Waals surface area (Å²) >= 11 is 0. The summed E-state index contributed by atoms with van der Waals surface area (Å²) in [6.07, 6.45) is 2.00. The van der Waals surface area contributed by atoms with Crippen LogP contribution in [0.4, 0.5) is 11.5 Å². The van der Waals surface area contributed by atoms with E-state index < -0.39 is 0 Å². The summed E-state index contributed by atoms with van der Waals surface area (Å²) < 4.78 is 0. The fourth-order valence-corrected chi connectivity index (χ4v) is 2.04. The summed E-state index contributed by atoms with van der Waals surface area (Å²) in [7, 11) is 0. The molecule has 1 fully saturated rings. The van der Waals surface area contributed by atoms with E-state index in [4.69, 9.17) is 10.8 Å². The topological polar surface area (TPSA) is 79.4 Å². The number of nitrogens with zero attached hydrogens (tertiary/aromatic N) is 2. The molecule has 1 aliphatic heterocycles. The Morgan fingerprint density at radius 2 is 2.44 bits per heavy atom. The number of nitrogen functional groups attached to an aromatic ring is 1. The lowest BCUT2D eigenvalue weighted by atomic mass is 10.1. The average Bonchev–Trinajstić information content (AvgIpc) is 2.60. The number of carbonyl (C=O) groups is 1. The number of aryl methyl sites for hydroxylation is 1. The van der Waals surface area contributed by atoms with Crippen molar-refractivity contribution in [2.75, 3.05) is 23.8 Å². The van der Waals surface area contributed by atoms with Gasteiger partial charge in [0, 0.05) is 31.7 Å². The number of pyridine rings is 1. The van der Waals surface area contributed by atoms with Crippen LogP contribution in [0.5, 0.6) is 0 Å². The first kappa shape index (κ1) is 10.9. The maximum atomic E-state index is 11.8. The Hall–Kier alpha value is -1.62. The molecule has 0 saturated carbocycles. The number of amides is 1. The van der Waals surface area contributed by atoms with E-state index in [9.17, 15) is 4.79 Å². The number of aromatic nitrogens is 1. The van der Waals surface area contributed by atoms with Crippen LogP contribution >= 0.6 is 0 Å². The van der Waals surface area contributed by atoms with Gasteiger partial charge < -0.3 is 15.7 Å². The SMILES string of the molecule is Cc1ccnc(N)c1N1CC(CO)CC1=O. The molecule has 0 bridgehead atoms. The van der Waals surface area contributed by atoms with Crippen LogP contribution in [-0.4, -0.2) is 29.1 Å². The average molecular weight is 221 g/mol. The van der Waals surface area contributed by atoms with Crippen molar-refractivity contribution in [3.05, 3.63) is 17.8 Å². The summed E-state index contributed by atoms with van der Waals surface area (Å²) in [5, 5.41) is 9.06. The van der Waals surface area contributed by atoms with Gasteiger partial charge in [0.25, 0.3) is 0 Å². The summed E-state index contributed by atoms with van der Waals surface area (Å²) in [4.78, 5) is 17.4. The Bertz CT molecular complexity index is 399. The van der Waals surface area contributed by atoms with Crippen LogP contribution in [0.3, 0.4) is 0 Å². The predicted molar refractivity (Wildman–Crippen MR) is 60.9 cm³/mol. The molecule has 0 aromatic carbocycles. The molecule has 0 radical (unpaired) electrons. The molecular formula is C11H15N3O2. The van der Waals surface area contributed by atoms with Gasteiger partial charge in [-0.1, -0.05) is 0 Å². The second-order valence-electron chi connectivity index (χ2n) is 4.12. The number of hydrogen-bond acceptors (Lipinski definition) is 4. The van der Waals surface area contributed by atoms with E-state index in [2.05, 4.69) is 4.98 Å². The highest BCUT2D eigenvalue weighted by atomic mass is 16.3. The molecule has 5 nitrogen and oxygen atoms in total. The molecular weight excluding hydrogens is 206 g/mol. The summed E-state index contributed by atoms with van der Waals surface area (Å²) in [6.45, 7) is 2.44. The van der Waals surface area contributed by atoms with Gasteiger partial charge in [-0.25, -0.2) is 4.98 Å². The Morgan fingerprint density at radius 3 is 3.00 bits per heavy atom. The highest BCUT2D eigenvalue weighted by Crippen LogP contribution is 2.31. The zero-order chi connectivity index (χ0) is 11.7. The Labute approximate surface area is 93.9 Å². The summed E-state index contributed by atoms with van der Waals surface area (Å²) in [5.41, 5.74) is 7.40. The number of aliphatic hydroxyl groups is 1. The van der Waals surface area contributed by atoms with Crippen LogP contribution < -0.4 is 10.6 Å². The highest BCUT2D eigenvalue weighted by molar-refractivity contribution is 5.98. The van der Waals surface area contributed by atoms with Gasteiger partial charge in [0.05, 0.1) is 5.69 Å². The fraction of sp³-hybridized carbons (Fsp3) is 0.455. The van der Waals surface area contributed by atoms with Crippen molar-refractivity contribution >= 4 is 17.4 Å². The second kappa shape index (κ2) is 4.09. The minimum Gasteiger partial charge on any atom is -0.396 e. The minimum absolute atomic E-state index is 0.00171. The quantitative estimate of drug-likeness (QED) is 0.753. The van der Waals surface area contributed by atoms with Crippen LogP contribution in [0.2, 0.25) is 0 Å². The maximum Gasteiger partial charge on any atom is 0.227 e. The molecule has 3 N–H and O–H groups in total. The number of carbonyl (C=O) groups excluding carboxylic acids is 1. The molecule has 1 amide bonds. The van der Waals surface area contributed by atoms with E-state index in [0.29, 0.717) is 24.5 Å². The summed E-state index contributed by atoms with van der Waals surface area (Å²) in [5.74, 6) is 0.375. The predicted octanol–water partition coefficient (Wildman–Crippen LogP) is 0.317. The van der Waals surface area contributed by atoms with Crippen LogP contribution in [-0.2, 0) is 4.79 Å². The van der Waals surface area contributed by atoms with E-state index in [0.717, 1.165) is 5.56 Å². The van der Waals surface area contributed by atoms with Crippen molar-refractivity contribution < 1.29 is 9.90 Å². The molecule has 0 aliphatic carbocycles. The smallest absolute Gasteiger partial charge is 0.227 e. The lowest BCUT2D eigenvalue weighted by Crippen LogP contribution is -2.27. The van der Waals surface area contributed by atoms with Gasteiger partial charge in [-0.15, -0.1) is 0 Å². The van der Waals surface area contributed by atoms with Gasteiger partial charge in [-0.3, -0.25) is 4.79 Å². The molecule has 2 heterocycles. The van der Waals surface area contributed by atoms with Crippen LogP contribution in [0.1, 0.15) is 12.0 Å². The molecule has 1 atom stereocenters. The van der Waals surface area contributed by atoms with E-state index in [1.54, 1.807) is 11.1 Å². The van der Waals surface area contributed by atoms with Gasteiger partial charge >= 0.3 is 0 Å². The molecule has 16 heavy (non-hydrogen) atoms. The first-order valence-corrected chi connectivity index (χ1v) is 5.25. The van der Waals surface area contributed by atoms with Gasteiger partial charge in [0.2, 0.25) is 5.91 Å². The first-order valence-electron chi connectivity index (χ1n) is 5.25. The van der Waals surface area contributed by atoms with Crippen LogP contribution in [0, 0.1) is 12.8 Å². The second-order valence-corrected chi connectivity index (χ2v) is 4.12. The number of aliphatic hydroxyl groups excluding tert-OH is 1. The maximum absolute atomic E-state index is 11.8. The molecule has 1 aromatic heterocycles. The Kier molecular flexibility index (Phi) is 2.78. The lowest BCUT2D eigenvalue weighted by molar-refractivity contribution is -0.117. The third-order valence-corrected chi connectivity index (χ3v) is 2.89. The zero-order valence-electron chi connectivity index (χ0n) is 9.18. The largest absolute Gasteiger partial charge is 0.396 e. The number of hydrogen-bond donors (Lipinski definition) is 2. The minimum atomic E-state index is 0.00171. The van der Waals surface area contributed by atoms with E-state index >= 15 is 0 Å². The number of rotatable bonds is 2. The van der Waals surface area contributed by atoms with E-state index in [1.807, 2.05) is 13.0 Å². The molecule has 5 heteroatoms. The third-order valence-electron chi connectivity index (χ3n) is 2.89. The highest BCUT2D eigenvalue weighted by Gasteiger charge is 2.32. The van der Waals surface area contributed by atoms with E-state index in [-0.39, 0.29) is 18.4 Å². The number of anilines is 2. The van der Waals surface area contributed by atoms with Crippen molar-refractivity contribution in [3.63, 3.8) is 0 Å². The first-order chi connectivity index (χ1) is 7.63. The van der Waals surface area contributed by atoms with E-state index in [1.165, 1.54) is 0 Å². The normalized spacial score (nSPS) is 20.5. The van der Waals surface area contributed by atoms with Gasteiger partial charge in [-0.05, 0) is 18.6 Å². The number of nitrogens with two attached hydrogens (primary N) is 1. The monoisotopic (exact) mass is 221 g/mol. The third kappa shape index (κ3) is 1.74. The van der Waals surface area contributed by atoms with Crippen LogP contribution in [0.15, 0.2) is 12.3 Å². The molecule has 1 aliphatic rings. The molecule has 1 unspecified atom stereocenters. The van der Waals surface area contributed by atoms with Gasteiger partial charge in [0.1, 0.15) is 5.82 Å². The standard InChI is InChI=1S/C11H15N3O2/c1-7-2-3-13-11(12)10(7)14-5-8(6-15)4-9(14)16/h2-3,8,15H,4-6H2,1H3,(H2,12,13). The van der Waals surface area contributed by atoms with Crippen molar-refractivity contribution in [2.24, 2.45) is 5.92 Å². The van der Waals surface area contributed by atoms with Crippen molar-refractivity contribution in [2.45, 2.75) is 13.3 Å². The molecule has 86 valence electrons.